The van der Waals surface area contributed by atoms with E-state index in [1.807, 2.05) is 0 Å². The van der Waals surface area contributed by atoms with Gasteiger partial charge in [-0.25, -0.2) is 4.90 Å². The first-order valence-corrected chi connectivity index (χ1v) is 8.82. The van der Waals surface area contributed by atoms with Crippen molar-refractivity contribution >= 4 is 51.9 Å². The Hall–Kier alpha value is -2.91. The highest BCUT2D eigenvalue weighted by Crippen LogP contribution is 2.26. The molecule has 27 heavy (non-hydrogen) atoms. The highest BCUT2D eigenvalue weighted by Gasteiger charge is 2.37. The molecule has 0 spiro atoms. The molecule has 0 saturated carbocycles. The number of ether oxygens (including phenoxy) is 1. The molecule has 3 heterocycles. The maximum absolute atomic E-state index is 12.2. The van der Waals surface area contributed by atoms with Gasteiger partial charge in [0.15, 0.2) is 5.88 Å². The van der Waals surface area contributed by atoms with Crippen molar-refractivity contribution in [3.8, 4) is 5.88 Å². The zero-order valence-corrected chi connectivity index (χ0v) is 15.9. The first-order valence-electron chi connectivity index (χ1n) is 8.00. The van der Waals surface area contributed by atoms with E-state index in [0.717, 1.165) is 27.7 Å². The standard InChI is InChI=1S/C14H10N2O4.C4H5NS2/c1-20-11-7-6-10(12(17)15-11)16-13(18)8-4-2-3-5-9(8)14(16)19;6-3-1-2-4(7)5-3/h2-7H,1H3,(H,15,17);1-2H2,(H,5,6,7). The van der Waals surface area contributed by atoms with Gasteiger partial charge in [-0.15, -0.1) is 0 Å². The molecular formula is C18H15N3O4S2. The van der Waals surface area contributed by atoms with Crippen LogP contribution in [0.15, 0.2) is 41.2 Å². The average molecular weight is 401 g/mol. The predicted octanol–water partition coefficient (Wildman–Crippen LogP) is 2.21. The number of aromatic amines is 1. The van der Waals surface area contributed by atoms with Gasteiger partial charge in [-0.05, 0) is 18.2 Å². The van der Waals surface area contributed by atoms with E-state index in [1.54, 1.807) is 24.3 Å². The van der Waals surface area contributed by atoms with Crippen molar-refractivity contribution in [1.82, 2.24) is 10.3 Å². The molecule has 0 aliphatic carbocycles. The number of hydrogen-bond acceptors (Lipinski definition) is 6. The lowest BCUT2D eigenvalue weighted by molar-refractivity contribution is 0.0925. The number of thiocarbonyl (C=S) groups is 2. The molecule has 0 unspecified atom stereocenters. The van der Waals surface area contributed by atoms with Crippen LogP contribution in [0.1, 0.15) is 33.6 Å². The van der Waals surface area contributed by atoms with Crippen LogP contribution >= 0.6 is 24.4 Å². The number of carbonyl (C=O) groups is 2. The van der Waals surface area contributed by atoms with Gasteiger partial charge < -0.3 is 10.1 Å². The van der Waals surface area contributed by atoms with Gasteiger partial charge in [0.1, 0.15) is 5.69 Å². The number of pyridine rings is 1. The molecule has 1 aromatic heterocycles. The van der Waals surface area contributed by atoms with Crippen molar-refractivity contribution in [2.75, 3.05) is 12.0 Å². The third-order valence-corrected chi connectivity index (χ3v) is 4.59. The number of fused-ring (bicyclic) bond motifs is 1. The van der Waals surface area contributed by atoms with Gasteiger partial charge in [-0.1, -0.05) is 36.6 Å². The Morgan fingerprint density at radius 1 is 0.926 bits per heavy atom. The molecule has 1 aromatic carbocycles. The number of nitrogens with one attached hydrogen (secondary N) is 2. The summed E-state index contributed by atoms with van der Waals surface area (Å²) in [5, 5.41) is 2.88. The first-order chi connectivity index (χ1) is 12.9. The molecule has 0 radical (unpaired) electrons. The molecule has 2 amide bonds. The van der Waals surface area contributed by atoms with Crippen LogP contribution in [0.5, 0.6) is 5.88 Å². The lowest BCUT2D eigenvalue weighted by Gasteiger charge is -2.12. The summed E-state index contributed by atoms with van der Waals surface area (Å²) in [4.78, 5) is 41.5. The number of benzene rings is 1. The minimum Gasteiger partial charge on any atom is -0.482 e. The van der Waals surface area contributed by atoms with E-state index in [9.17, 15) is 14.4 Å². The zero-order valence-electron chi connectivity index (χ0n) is 14.3. The number of anilines is 1. The number of amides is 2. The van der Waals surface area contributed by atoms with Crippen molar-refractivity contribution in [3.05, 3.63) is 57.9 Å². The molecule has 0 bridgehead atoms. The van der Waals surface area contributed by atoms with Crippen LogP contribution in [0, 0.1) is 0 Å². The third kappa shape index (κ3) is 3.79. The maximum Gasteiger partial charge on any atom is 0.275 e. The Morgan fingerprint density at radius 2 is 1.48 bits per heavy atom. The molecule has 2 aromatic rings. The minimum absolute atomic E-state index is 0.0167. The van der Waals surface area contributed by atoms with E-state index in [4.69, 9.17) is 29.2 Å². The lowest BCUT2D eigenvalue weighted by atomic mass is 10.1. The van der Waals surface area contributed by atoms with E-state index in [1.165, 1.54) is 19.2 Å². The second-order valence-electron chi connectivity index (χ2n) is 5.70. The van der Waals surface area contributed by atoms with Crippen LogP contribution in [0.2, 0.25) is 0 Å². The molecule has 2 aliphatic rings. The SMILES string of the molecule is COc1ccc(N2C(=O)c3ccccc3C2=O)c(=O)[nH]1.S=C1CCC(=S)N1. The number of H-pyrrole nitrogens is 1. The molecular weight excluding hydrogens is 386 g/mol. The van der Waals surface area contributed by atoms with E-state index in [2.05, 4.69) is 10.3 Å². The van der Waals surface area contributed by atoms with Crippen LogP contribution in [0.25, 0.3) is 0 Å². The molecule has 0 atom stereocenters. The number of hydrogen-bond donors (Lipinski definition) is 2. The Balaban J connectivity index is 0.000000253. The summed E-state index contributed by atoms with van der Waals surface area (Å²) < 4.78 is 4.88. The largest absolute Gasteiger partial charge is 0.482 e. The van der Waals surface area contributed by atoms with E-state index < -0.39 is 17.4 Å². The van der Waals surface area contributed by atoms with Gasteiger partial charge in [0.05, 0.1) is 28.2 Å². The number of methoxy groups -OCH3 is 1. The number of imide groups is 1. The van der Waals surface area contributed by atoms with Gasteiger partial charge in [0.25, 0.3) is 17.4 Å². The topological polar surface area (TPSA) is 91.5 Å². The lowest BCUT2D eigenvalue weighted by Crippen LogP contribution is -2.34. The van der Waals surface area contributed by atoms with E-state index in [0.29, 0.717) is 11.1 Å². The highest BCUT2D eigenvalue weighted by atomic mass is 32.1. The van der Waals surface area contributed by atoms with E-state index >= 15 is 0 Å². The summed E-state index contributed by atoms with van der Waals surface area (Å²) in [6.07, 6.45) is 1.91. The summed E-state index contributed by atoms with van der Waals surface area (Å²) in [7, 11) is 1.41. The summed E-state index contributed by atoms with van der Waals surface area (Å²) in [5.41, 5.74) is 0.0243. The zero-order chi connectivity index (χ0) is 19.6. The molecule has 7 nitrogen and oxygen atoms in total. The van der Waals surface area contributed by atoms with Gasteiger partial charge in [-0.3, -0.25) is 19.4 Å². The fourth-order valence-electron chi connectivity index (χ4n) is 2.66. The Bertz CT molecular complexity index is 967. The van der Waals surface area contributed by atoms with Crippen LogP contribution < -0.4 is 20.5 Å². The second kappa shape index (κ2) is 7.77. The quantitative estimate of drug-likeness (QED) is 0.589. The summed E-state index contributed by atoms with van der Waals surface area (Å²) in [5.74, 6) is -0.738. The molecule has 1 fully saturated rings. The molecule has 4 rings (SSSR count). The monoisotopic (exact) mass is 401 g/mol. The number of aromatic nitrogens is 1. The number of rotatable bonds is 2. The fraction of sp³-hybridized carbons (Fsp3) is 0.167. The maximum atomic E-state index is 12.2. The Morgan fingerprint density at radius 3 is 1.89 bits per heavy atom. The normalized spacial score (nSPS) is 15.2. The molecule has 1 saturated heterocycles. The summed E-state index contributed by atoms with van der Waals surface area (Å²) >= 11 is 9.59. The molecule has 2 N–H and O–H groups in total. The molecule has 2 aliphatic heterocycles. The predicted molar refractivity (Wildman–Crippen MR) is 109 cm³/mol. The second-order valence-corrected chi connectivity index (χ2v) is 6.69. The van der Waals surface area contributed by atoms with Gasteiger partial charge in [-0.2, -0.15) is 0 Å². The number of nitrogens with zero attached hydrogens (tertiary/aromatic N) is 1. The molecule has 9 heteroatoms. The van der Waals surface area contributed by atoms with Crippen LogP contribution in [-0.2, 0) is 0 Å². The van der Waals surface area contributed by atoms with Crippen molar-refractivity contribution in [2.24, 2.45) is 0 Å². The molecule has 138 valence electrons. The van der Waals surface area contributed by atoms with Crippen LogP contribution in [0.3, 0.4) is 0 Å². The average Bonchev–Trinajstić information content (AvgIpc) is 3.16. The smallest absolute Gasteiger partial charge is 0.275 e. The Labute approximate surface area is 165 Å². The van der Waals surface area contributed by atoms with Gasteiger partial charge >= 0.3 is 0 Å². The summed E-state index contributed by atoms with van der Waals surface area (Å²) in [6.45, 7) is 0. The van der Waals surface area contributed by atoms with Crippen LogP contribution in [-0.4, -0.2) is 33.9 Å². The summed E-state index contributed by atoms with van der Waals surface area (Å²) in [6, 6.07) is 9.34. The first kappa shape index (κ1) is 18.9. The fourth-order valence-corrected chi connectivity index (χ4v) is 3.17. The van der Waals surface area contributed by atoms with Crippen molar-refractivity contribution in [3.63, 3.8) is 0 Å². The van der Waals surface area contributed by atoms with Gasteiger partial charge in [0.2, 0.25) is 0 Å². The van der Waals surface area contributed by atoms with Crippen molar-refractivity contribution in [2.45, 2.75) is 12.8 Å². The van der Waals surface area contributed by atoms with Gasteiger partial charge in [0, 0.05) is 18.9 Å². The third-order valence-electron chi connectivity index (χ3n) is 3.97. The van der Waals surface area contributed by atoms with E-state index in [-0.39, 0.29) is 11.6 Å². The highest BCUT2D eigenvalue weighted by molar-refractivity contribution is 7.82. The number of carbonyl (C=O) groups excluding carboxylic acids is 2. The minimum atomic E-state index is -0.557. The Kier molecular flexibility index (Phi) is 5.43. The van der Waals surface area contributed by atoms with Crippen molar-refractivity contribution in [1.29, 1.82) is 0 Å². The van der Waals surface area contributed by atoms with Crippen molar-refractivity contribution < 1.29 is 14.3 Å². The van der Waals surface area contributed by atoms with Crippen LogP contribution in [0.4, 0.5) is 5.69 Å².